The summed E-state index contributed by atoms with van der Waals surface area (Å²) in [6, 6.07) is 5.92. The summed E-state index contributed by atoms with van der Waals surface area (Å²) in [4.78, 5) is 2.22. The lowest BCUT2D eigenvalue weighted by Crippen LogP contribution is -2.51. The quantitative estimate of drug-likeness (QED) is 0.854. The Labute approximate surface area is 108 Å². The van der Waals surface area contributed by atoms with Gasteiger partial charge in [0.15, 0.2) is 11.5 Å². The first kappa shape index (κ1) is 12.9. The second kappa shape index (κ2) is 5.89. The molecule has 98 valence electrons. The summed E-state index contributed by atoms with van der Waals surface area (Å²) in [6.07, 6.45) is 4.16. The minimum atomic E-state index is 0.273. The molecule has 4 heteroatoms. The number of rotatable bonds is 5. The molecule has 0 spiro atoms. The van der Waals surface area contributed by atoms with Gasteiger partial charge < -0.3 is 15.2 Å². The summed E-state index contributed by atoms with van der Waals surface area (Å²) < 4.78 is 11.2. The standard InChI is InChI=1S/C14H20N2O2/c1-16-9-12(10-16)18-13-6-5-11(4-3-7-15)8-14(13)17-2/h3-6,8,12H,7,9-10,15H2,1-2H3/b4-3+. The number of hydrogen-bond donors (Lipinski definition) is 1. The minimum Gasteiger partial charge on any atom is -0.493 e. The molecule has 0 saturated carbocycles. The molecule has 1 aromatic carbocycles. The molecule has 1 fully saturated rings. The van der Waals surface area contributed by atoms with Gasteiger partial charge in [0.05, 0.1) is 7.11 Å². The van der Waals surface area contributed by atoms with Gasteiger partial charge in [0.25, 0.3) is 0 Å². The Hall–Kier alpha value is -1.52. The average Bonchev–Trinajstić information content (AvgIpc) is 2.35. The van der Waals surface area contributed by atoms with Crippen LogP contribution in [0.4, 0.5) is 0 Å². The van der Waals surface area contributed by atoms with Crippen LogP contribution in [0.1, 0.15) is 5.56 Å². The molecule has 0 aliphatic carbocycles. The second-order valence-electron chi connectivity index (χ2n) is 4.51. The van der Waals surface area contributed by atoms with Crippen LogP contribution in [0, 0.1) is 0 Å². The lowest BCUT2D eigenvalue weighted by atomic mass is 10.1. The summed E-state index contributed by atoms with van der Waals surface area (Å²) in [5.41, 5.74) is 6.50. The van der Waals surface area contributed by atoms with Crippen LogP contribution in [0.3, 0.4) is 0 Å². The van der Waals surface area contributed by atoms with Gasteiger partial charge in [-0.15, -0.1) is 0 Å². The largest absolute Gasteiger partial charge is 0.493 e. The van der Waals surface area contributed by atoms with Crippen LogP contribution in [0.2, 0.25) is 0 Å². The van der Waals surface area contributed by atoms with E-state index in [0.29, 0.717) is 6.54 Å². The highest BCUT2D eigenvalue weighted by Gasteiger charge is 2.25. The van der Waals surface area contributed by atoms with Crippen molar-refractivity contribution in [1.29, 1.82) is 0 Å². The molecule has 0 aromatic heterocycles. The maximum Gasteiger partial charge on any atom is 0.161 e. The molecule has 0 radical (unpaired) electrons. The van der Waals surface area contributed by atoms with Crippen LogP contribution < -0.4 is 15.2 Å². The van der Waals surface area contributed by atoms with E-state index in [9.17, 15) is 0 Å². The zero-order chi connectivity index (χ0) is 13.0. The zero-order valence-electron chi connectivity index (χ0n) is 10.9. The van der Waals surface area contributed by atoms with Crippen LogP contribution in [-0.4, -0.2) is 44.8 Å². The fourth-order valence-electron chi connectivity index (χ4n) is 1.99. The molecule has 1 aliphatic heterocycles. The molecule has 1 heterocycles. The summed E-state index contributed by atoms with van der Waals surface area (Å²) in [7, 11) is 3.74. The molecule has 1 aliphatic rings. The first-order valence-electron chi connectivity index (χ1n) is 6.12. The van der Waals surface area contributed by atoms with Crippen LogP contribution in [0.25, 0.3) is 6.08 Å². The highest BCUT2D eigenvalue weighted by molar-refractivity contribution is 5.56. The van der Waals surface area contributed by atoms with E-state index < -0.39 is 0 Å². The number of likely N-dealkylation sites (N-methyl/N-ethyl adjacent to an activating group) is 1. The zero-order valence-corrected chi connectivity index (χ0v) is 10.9. The summed E-state index contributed by atoms with van der Waals surface area (Å²) >= 11 is 0. The monoisotopic (exact) mass is 248 g/mol. The normalized spacial score (nSPS) is 16.8. The first-order valence-corrected chi connectivity index (χ1v) is 6.12. The molecule has 2 rings (SSSR count). The van der Waals surface area contributed by atoms with Gasteiger partial charge in [0, 0.05) is 19.6 Å². The van der Waals surface area contributed by atoms with E-state index in [4.69, 9.17) is 15.2 Å². The third kappa shape index (κ3) is 3.03. The SMILES string of the molecule is COc1cc(/C=C/CN)ccc1OC1CN(C)C1. The summed E-state index contributed by atoms with van der Waals surface area (Å²) in [5, 5.41) is 0. The number of nitrogens with zero attached hydrogens (tertiary/aromatic N) is 1. The fourth-order valence-corrected chi connectivity index (χ4v) is 1.99. The Kier molecular flexibility index (Phi) is 4.23. The van der Waals surface area contributed by atoms with Crippen molar-refractivity contribution in [3.05, 3.63) is 29.8 Å². The highest BCUT2D eigenvalue weighted by atomic mass is 16.5. The van der Waals surface area contributed by atoms with Crippen LogP contribution in [0.15, 0.2) is 24.3 Å². The van der Waals surface area contributed by atoms with Crippen molar-refractivity contribution < 1.29 is 9.47 Å². The van der Waals surface area contributed by atoms with Gasteiger partial charge in [-0.2, -0.15) is 0 Å². The van der Waals surface area contributed by atoms with E-state index in [2.05, 4.69) is 11.9 Å². The van der Waals surface area contributed by atoms with Crippen molar-refractivity contribution in [2.45, 2.75) is 6.10 Å². The predicted molar refractivity (Wildman–Crippen MR) is 73.0 cm³/mol. The molecule has 4 nitrogen and oxygen atoms in total. The molecule has 0 amide bonds. The van der Waals surface area contributed by atoms with Crippen molar-refractivity contribution in [3.8, 4) is 11.5 Å². The summed E-state index contributed by atoms with van der Waals surface area (Å²) in [5.74, 6) is 1.57. The average molecular weight is 248 g/mol. The topological polar surface area (TPSA) is 47.7 Å². The number of ether oxygens (including phenoxy) is 2. The van der Waals surface area contributed by atoms with Crippen molar-refractivity contribution >= 4 is 6.08 Å². The first-order chi connectivity index (χ1) is 8.72. The molecule has 18 heavy (non-hydrogen) atoms. The van der Waals surface area contributed by atoms with E-state index >= 15 is 0 Å². The van der Waals surface area contributed by atoms with Crippen LogP contribution >= 0.6 is 0 Å². The maximum atomic E-state index is 5.89. The van der Waals surface area contributed by atoms with Crippen LogP contribution in [0.5, 0.6) is 11.5 Å². The second-order valence-corrected chi connectivity index (χ2v) is 4.51. The Balaban J connectivity index is 2.08. The summed E-state index contributed by atoms with van der Waals surface area (Å²) in [6.45, 7) is 2.48. The Morgan fingerprint density at radius 3 is 2.78 bits per heavy atom. The van der Waals surface area contributed by atoms with Crippen molar-refractivity contribution in [2.24, 2.45) is 5.73 Å². The van der Waals surface area contributed by atoms with E-state index in [1.54, 1.807) is 7.11 Å². The number of methoxy groups -OCH3 is 1. The van der Waals surface area contributed by atoms with Gasteiger partial charge in [0.1, 0.15) is 6.10 Å². The Bertz CT molecular complexity index is 426. The van der Waals surface area contributed by atoms with Gasteiger partial charge >= 0.3 is 0 Å². The highest BCUT2D eigenvalue weighted by Crippen LogP contribution is 2.30. The molecule has 0 atom stereocenters. The maximum absolute atomic E-state index is 5.89. The number of benzene rings is 1. The molecule has 1 aromatic rings. The lowest BCUT2D eigenvalue weighted by Gasteiger charge is -2.36. The molecule has 0 unspecified atom stereocenters. The molecule has 1 saturated heterocycles. The lowest BCUT2D eigenvalue weighted by molar-refractivity contribution is 0.0370. The van der Waals surface area contributed by atoms with Crippen molar-refractivity contribution in [2.75, 3.05) is 33.8 Å². The van der Waals surface area contributed by atoms with E-state index in [1.807, 2.05) is 30.4 Å². The van der Waals surface area contributed by atoms with Gasteiger partial charge in [0.2, 0.25) is 0 Å². The third-order valence-electron chi connectivity index (χ3n) is 2.96. The van der Waals surface area contributed by atoms with Gasteiger partial charge in [-0.3, -0.25) is 4.90 Å². The Morgan fingerprint density at radius 2 is 2.17 bits per heavy atom. The van der Waals surface area contributed by atoms with E-state index in [-0.39, 0.29) is 6.10 Å². The number of nitrogens with two attached hydrogens (primary N) is 1. The Morgan fingerprint density at radius 1 is 1.39 bits per heavy atom. The fraction of sp³-hybridized carbons (Fsp3) is 0.429. The molecule has 0 bridgehead atoms. The number of likely N-dealkylation sites (tertiary alicyclic amines) is 1. The van der Waals surface area contributed by atoms with E-state index in [0.717, 1.165) is 30.2 Å². The van der Waals surface area contributed by atoms with Crippen molar-refractivity contribution in [1.82, 2.24) is 4.90 Å². The smallest absolute Gasteiger partial charge is 0.161 e. The van der Waals surface area contributed by atoms with Crippen molar-refractivity contribution in [3.63, 3.8) is 0 Å². The predicted octanol–water partition coefficient (Wildman–Crippen LogP) is 1.36. The van der Waals surface area contributed by atoms with Gasteiger partial charge in [-0.1, -0.05) is 18.2 Å². The van der Waals surface area contributed by atoms with E-state index in [1.165, 1.54) is 0 Å². The molecule has 2 N–H and O–H groups in total. The third-order valence-corrected chi connectivity index (χ3v) is 2.96. The molecular weight excluding hydrogens is 228 g/mol. The number of hydrogen-bond acceptors (Lipinski definition) is 4. The van der Waals surface area contributed by atoms with Gasteiger partial charge in [-0.05, 0) is 24.7 Å². The minimum absolute atomic E-state index is 0.273. The molecular formula is C14H20N2O2. The van der Waals surface area contributed by atoms with Gasteiger partial charge in [-0.25, -0.2) is 0 Å². The van der Waals surface area contributed by atoms with Crippen LogP contribution in [-0.2, 0) is 0 Å².